The van der Waals surface area contributed by atoms with Gasteiger partial charge in [0.15, 0.2) is 0 Å². The lowest BCUT2D eigenvalue weighted by atomic mass is 9.98. The van der Waals surface area contributed by atoms with Crippen molar-refractivity contribution in [3.8, 4) is 0 Å². The first-order valence-electron chi connectivity index (χ1n) is 8.93. The van der Waals surface area contributed by atoms with Gasteiger partial charge in [-0.15, -0.1) is 0 Å². The van der Waals surface area contributed by atoms with E-state index in [0.717, 1.165) is 60.2 Å². The maximum atomic E-state index is 4.64. The first-order valence-corrected chi connectivity index (χ1v) is 8.93. The van der Waals surface area contributed by atoms with Crippen LogP contribution in [-0.4, -0.2) is 44.0 Å². The highest BCUT2D eigenvalue weighted by Gasteiger charge is 2.16. The van der Waals surface area contributed by atoms with Crippen LogP contribution >= 0.6 is 0 Å². The number of hydrogen-bond acceptors (Lipinski definition) is 5. The van der Waals surface area contributed by atoms with Gasteiger partial charge in [0.25, 0.3) is 0 Å². The highest BCUT2D eigenvalue weighted by atomic mass is 15.2. The Balaban J connectivity index is 2.12. The summed E-state index contributed by atoms with van der Waals surface area (Å²) in [6, 6.07) is 6.48. The molecule has 0 saturated heterocycles. The topological polar surface area (TPSA) is 51.7 Å². The number of hydrogen-bond donors (Lipinski definition) is 3. The van der Waals surface area contributed by atoms with Crippen LogP contribution in [0, 0.1) is 6.92 Å². The molecule has 0 saturated carbocycles. The average Bonchev–Trinajstić information content (AvgIpc) is 2.62. The molecule has 0 aromatic heterocycles. The number of nitrogens with one attached hydrogen (secondary N) is 3. The maximum absolute atomic E-state index is 4.64. The summed E-state index contributed by atoms with van der Waals surface area (Å²) >= 11 is 0. The van der Waals surface area contributed by atoms with Gasteiger partial charge in [0.05, 0.1) is 6.54 Å². The Hall–Kier alpha value is -2.79. The van der Waals surface area contributed by atoms with Crippen LogP contribution in [0.15, 0.2) is 60.5 Å². The van der Waals surface area contributed by atoms with Crippen molar-refractivity contribution in [3.05, 3.63) is 72.2 Å². The van der Waals surface area contributed by atoms with Crippen LogP contribution < -0.4 is 16.0 Å². The summed E-state index contributed by atoms with van der Waals surface area (Å²) in [6.07, 6.45) is 5.91. The Bertz CT molecular complexity index is 801. The minimum absolute atomic E-state index is 0.723. The fourth-order valence-electron chi connectivity index (χ4n) is 3.11. The summed E-state index contributed by atoms with van der Waals surface area (Å²) in [6.45, 7) is 13.6. The molecule has 3 rings (SSSR count). The zero-order valence-corrected chi connectivity index (χ0v) is 15.6. The molecule has 2 aliphatic heterocycles. The van der Waals surface area contributed by atoms with Crippen molar-refractivity contribution in [3.63, 3.8) is 0 Å². The van der Waals surface area contributed by atoms with Gasteiger partial charge in [-0.2, -0.15) is 0 Å². The monoisotopic (exact) mass is 349 g/mol. The van der Waals surface area contributed by atoms with Gasteiger partial charge in [0.1, 0.15) is 11.7 Å². The van der Waals surface area contributed by atoms with Crippen LogP contribution in [0.5, 0.6) is 0 Å². The minimum Gasteiger partial charge on any atom is -0.384 e. The average molecular weight is 349 g/mol. The predicted molar refractivity (Wildman–Crippen MR) is 111 cm³/mol. The van der Waals surface area contributed by atoms with Crippen LogP contribution in [0.3, 0.4) is 0 Å². The molecule has 0 atom stereocenters. The van der Waals surface area contributed by atoms with E-state index in [4.69, 9.17) is 0 Å². The molecular weight excluding hydrogens is 322 g/mol. The van der Waals surface area contributed by atoms with Crippen molar-refractivity contribution < 1.29 is 0 Å². The van der Waals surface area contributed by atoms with E-state index in [-0.39, 0.29) is 0 Å². The second-order valence-corrected chi connectivity index (χ2v) is 6.53. The van der Waals surface area contributed by atoms with E-state index in [1.54, 1.807) is 0 Å². The lowest BCUT2D eigenvalue weighted by Crippen LogP contribution is -2.35. The van der Waals surface area contributed by atoms with Crippen LogP contribution in [0.2, 0.25) is 0 Å². The normalized spacial score (nSPS) is 21.1. The zero-order chi connectivity index (χ0) is 18.5. The van der Waals surface area contributed by atoms with Gasteiger partial charge in [-0.25, -0.2) is 0 Å². The molecule has 0 spiro atoms. The van der Waals surface area contributed by atoms with E-state index in [1.807, 2.05) is 25.4 Å². The molecule has 0 aliphatic carbocycles. The van der Waals surface area contributed by atoms with Gasteiger partial charge in [-0.3, -0.25) is 4.99 Å². The van der Waals surface area contributed by atoms with E-state index in [2.05, 4.69) is 64.1 Å². The highest BCUT2D eigenvalue weighted by Crippen LogP contribution is 2.26. The molecule has 0 amide bonds. The van der Waals surface area contributed by atoms with Crippen LogP contribution in [-0.2, 0) is 0 Å². The van der Waals surface area contributed by atoms with Crippen molar-refractivity contribution >= 4 is 17.1 Å². The Labute approximate surface area is 155 Å². The van der Waals surface area contributed by atoms with E-state index < -0.39 is 0 Å². The Morgan fingerprint density at radius 3 is 2.77 bits per heavy atom. The highest BCUT2D eigenvalue weighted by molar-refractivity contribution is 5.97. The van der Waals surface area contributed by atoms with Gasteiger partial charge in [0.2, 0.25) is 0 Å². The summed E-state index contributed by atoms with van der Waals surface area (Å²) in [5.41, 5.74) is 5.36. The number of amidine groups is 1. The van der Waals surface area contributed by atoms with Gasteiger partial charge in [-0.1, -0.05) is 25.3 Å². The minimum atomic E-state index is 0.723. The van der Waals surface area contributed by atoms with Crippen molar-refractivity contribution in [2.24, 2.45) is 4.99 Å². The first-order chi connectivity index (χ1) is 12.6. The van der Waals surface area contributed by atoms with Gasteiger partial charge < -0.3 is 20.9 Å². The van der Waals surface area contributed by atoms with E-state index in [1.165, 1.54) is 5.56 Å². The predicted octanol–water partition coefficient (Wildman–Crippen LogP) is 2.46. The Morgan fingerprint density at radius 2 is 1.96 bits per heavy atom. The maximum Gasteiger partial charge on any atom is 0.127 e. The number of aliphatic imine (C=N–C) groups is 1. The molecule has 4 bridgehead atoms. The van der Waals surface area contributed by atoms with E-state index >= 15 is 0 Å². The summed E-state index contributed by atoms with van der Waals surface area (Å²) in [5, 5.41) is 10.2. The standard InChI is InChI=1S/C21H27N5/c1-5-19-18-13-15(2)12-17(14-18)16(3)23-9-7-22-8-10-24-20-6-11-26(4)21(19)25-20/h5-6,11-14,22-23H,1,3,7-10H2,2,4H3,(H,24,25)/b21-19+. The number of rotatable bonds is 1. The molecule has 1 aromatic carbocycles. The van der Waals surface area contributed by atoms with Crippen molar-refractivity contribution in [2.75, 3.05) is 33.2 Å². The summed E-state index contributed by atoms with van der Waals surface area (Å²) < 4.78 is 0. The molecule has 0 radical (unpaired) electrons. The molecule has 2 aliphatic rings. The number of benzene rings is 1. The van der Waals surface area contributed by atoms with Crippen molar-refractivity contribution in [1.82, 2.24) is 20.9 Å². The largest absolute Gasteiger partial charge is 0.384 e. The molecule has 136 valence electrons. The number of aryl methyl sites for hydroxylation is 1. The smallest absolute Gasteiger partial charge is 0.127 e. The Morgan fingerprint density at radius 1 is 1.15 bits per heavy atom. The van der Waals surface area contributed by atoms with Crippen LogP contribution in [0.25, 0.3) is 11.3 Å². The SMILES string of the molecule is C=C/C1=C2/NC(=NCCNCCNC(=C)c3cc(C)cc1c3)C=CN2C. The Kier molecular flexibility index (Phi) is 5.58. The number of nitrogens with zero attached hydrogens (tertiary/aromatic N) is 2. The quantitative estimate of drug-likeness (QED) is 0.729. The second kappa shape index (κ2) is 8.06. The zero-order valence-electron chi connectivity index (χ0n) is 15.6. The van der Waals surface area contributed by atoms with Gasteiger partial charge in [0, 0.05) is 44.2 Å². The summed E-state index contributed by atoms with van der Waals surface area (Å²) in [5.74, 6) is 1.84. The molecule has 1 aromatic rings. The molecule has 2 heterocycles. The fraction of sp³-hybridized carbons (Fsp3) is 0.286. The fourth-order valence-corrected chi connectivity index (χ4v) is 3.11. The summed E-state index contributed by atoms with van der Waals surface area (Å²) in [4.78, 5) is 6.70. The van der Waals surface area contributed by atoms with Gasteiger partial charge in [-0.05, 0) is 41.8 Å². The molecule has 0 unspecified atom stereocenters. The summed E-state index contributed by atoms with van der Waals surface area (Å²) in [7, 11) is 2.02. The van der Waals surface area contributed by atoms with E-state index in [9.17, 15) is 0 Å². The number of allylic oxidation sites excluding steroid dienone is 2. The van der Waals surface area contributed by atoms with Crippen molar-refractivity contribution in [1.29, 1.82) is 0 Å². The van der Waals surface area contributed by atoms with E-state index in [0.29, 0.717) is 0 Å². The molecule has 0 fully saturated rings. The third-order valence-electron chi connectivity index (χ3n) is 4.46. The molecule has 26 heavy (non-hydrogen) atoms. The van der Waals surface area contributed by atoms with Gasteiger partial charge >= 0.3 is 0 Å². The second-order valence-electron chi connectivity index (χ2n) is 6.53. The van der Waals surface area contributed by atoms with Crippen molar-refractivity contribution in [2.45, 2.75) is 6.92 Å². The molecule has 5 nitrogen and oxygen atoms in total. The molecule has 5 heteroatoms. The third-order valence-corrected chi connectivity index (χ3v) is 4.46. The molecule has 3 N–H and O–H groups in total. The van der Waals surface area contributed by atoms with Crippen LogP contribution in [0.4, 0.5) is 0 Å². The first kappa shape index (κ1) is 18.0. The lowest BCUT2D eigenvalue weighted by Gasteiger charge is -2.27. The third kappa shape index (κ3) is 4.06. The number of fused-ring (bicyclic) bond motifs is 4. The van der Waals surface area contributed by atoms with Crippen LogP contribution in [0.1, 0.15) is 16.7 Å². The lowest BCUT2D eigenvalue weighted by molar-refractivity contribution is 0.535. The molecular formula is C21H27N5.